The molecule has 0 heterocycles. The van der Waals surface area contributed by atoms with E-state index in [4.69, 9.17) is 0 Å². The summed E-state index contributed by atoms with van der Waals surface area (Å²) < 4.78 is 0. The third kappa shape index (κ3) is 12.8. The van der Waals surface area contributed by atoms with Crippen molar-refractivity contribution in [1.82, 2.24) is 4.90 Å². The average Bonchev–Trinajstić information content (AvgIpc) is 2.04. The van der Waals surface area contributed by atoms with E-state index < -0.39 is 0 Å². The number of hydrogen-bond donors (Lipinski definition) is 0. The lowest BCUT2D eigenvalue weighted by Crippen LogP contribution is -2.13. The maximum Gasteiger partial charge on any atom is 0.00124 e. The number of nitrogens with zero attached hydrogens (tertiary/aromatic N) is 1. The lowest BCUT2D eigenvalue weighted by atomic mass is 10.2. The van der Waals surface area contributed by atoms with Crippen LogP contribution >= 0.6 is 0 Å². The molecule has 68 valence electrons. The Kier molecular flexibility index (Phi) is 11.7. The van der Waals surface area contributed by atoms with Gasteiger partial charge in [0, 0.05) is 6.54 Å². The largest absolute Gasteiger partial charge is 0.309 e. The zero-order valence-electron chi connectivity index (χ0n) is 8.78. The van der Waals surface area contributed by atoms with Gasteiger partial charge in [0.15, 0.2) is 0 Å². The Balaban J connectivity index is 0. The zero-order chi connectivity index (χ0) is 9.28. The molecule has 11 heavy (non-hydrogen) atoms. The summed E-state index contributed by atoms with van der Waals surface area (Å²) in [5.41, 5.74) is 1.35. The topological polar surface area (TPSA) is 3.24 Å². The first-order valence-electron chi connectivity index (χ1n) is 4.48. The first-order valence-corrected chi connectivity index (χ1v) is 4.48. The van der Waals surface area contributed by atoms with E-state index in [0.29, 0.717) is 0 Å². The van der Waals surface area contributed by atoms with E-state index in [9.17, 15) is 0 Å². The molecule has 0 aromatic rings. The van der Waals surface area contributed by atoms with Crippen molar-refractivity contribution in [3.63, 3.8) is 0 Å². The van der Waals surface area contributed by atoms with Gasteiger partial charge in [-0.1, -0.05) is 32.9 Å². The average molecular weight is 157 g/mol. The third-order valence-corrected chi connectivity index (χ3v) is 1.41. The van der Waals surface area contributed by atoms with Crippen LogP contribution in [0.2, 0.25) is 0 Å². The van der Waals surface area contributed by atoms with Crippen LogP contribution in [-0.4, -0.2) is 25.5 Å². The summed E-state index contributed by atoms with van der Waals surface area (Å²) in [7, 11) is 4.17. The van der Waals surface area contributed by atoms with Crippen molar-refractivity contribution in [2.24, 2.45) is 0 Å². The molecule has 0 aliphatic rings. The molecule has 0 fully saturated rings. The Bertz CT molecular complexity index is 84.9. The minimum Gasteiger partial charge on any atom is -0.309 e. The van der Waals surface area contributed by atoms with Crippen LogP contribution in [0.25, 0.3) is 0 Å². The highest BCUT2D eigenvalue weighted by molar-refractivity contribution is 4.92. The van der Waals surface area contributed by atoms with Crippen LogP contribution in [0.5, 0.6) is 0 Å². The summed E-state index contributed by atoms with van der Waals surface area (Å²) in [5.74, 6) is 0. The fourth-order valence-electron chi connectivity index (χ4n) is 0.558. The molecule has 0 spiro atoms. The maximum atomic E-state index is 3.92. The molecule has 0 saturated heterocycles. The summed E-state index contributed by atoms with van der Waals surface area (Å²) in [5, 5.41) is 0. The van der Waals surface area contributed by atoms with Crippen molar-refractivity contribution in [2.45, 2.75) is 33.6 Å². The van der Waals surface area contributed by atoms with Gasteiger partial charge in [-0.05, 0) is 26.9 Å². The first-order chi connectivity index (χ1) is 5.16. The maximum absolute atomic E-state index is 3.92. The van der Waals surface area contributed by atoms with Crippen LogP contribution in [0.1, 0.15) is 33.6 Å². The molecule has 0 bridgehead atoms. The molecule has 0 aromatic carbocycles. The highest BCUT2D eigenvalue weighted by Crippen LogP contribution is 2.01. The molecule has 1 heteroatoms. The highest BCUT2D eigenvalue weighted by Gasteiger charge is 1.91. The van der Waals surface area contributed by atoms with Crippen LogP contribution in [0, 0.1) is 0 Å². The van der Waals surface area contributed by atoms with Gasteiger partial charge < -0.3 is 4.90 Å². The Morgan fingerprint density at radius 1 is 1.27 bits per heavy atom. The Morgan fingerprint density at radius 3 is 2.00 bits per heavy atom. The van der Waals surface area contributed by atoms with Gasteiger partial charge in [-0.15, -0.1) is 0 Å². The molecule has 0 saturated carbocycles. The minimum atomic E-state index is 1.12. The van der Waals surface area contributed by atoms with Gasteiger partial charge in [0.2, 0.25) is 0 Å². The number of hydrogen-bond acceptors (Lipinski definition) is 1. The fraction of sp³-hybridized carbons (Fsp3) is 0.800. The summed E-state index contributed by atoms with van der Waals surface area (Å²) in [6.45, 7) is 11.2. The second kappa shape index (κ2) is 9.70. The SMILES string of the molecule is C=C(CC)CCN(C)C.CC. The van der Waals surface area contributed by atoms with Gasteiger partial charge in [0.1, 0.15) is 0 Å². The molecule has 0 aromatic heterocycles. The van der Waals surface area contributed by atoms with Crippen molar-refractivity contribution in [3.05, 3.63) is 12.2 Å². The molecule has 0 radical (unpaired) electrons. The van der Waals surface area contributed by atoms with Crippen LogP contribution in [0.4, 0.5) is 0 Å². The van der Waals surface area contributed by atoms with Crippen molar-refractivity contribution in [3.8, 4) is 0 Å². The standard InChI is InChI=1S/C8H17N.C2H6/c1-5-8(2)6-7-9(3)4;1-2/h2,5-7H2,1,3-4H3;1-2H3. The molecule has 0 N–H and O–H groups in total. The van der Waals surface area contributed by atoms with Gasteiger partial charge in [-0.25, -0.2) is 0 Å². The van der Waals surface area contributed by atoms with E-state index in [-0.39, 0.29) is 0 Å². The fourth-order valence-corrected chi connectivity index (χ4v) is 0.558. The van der Waals surface area contributed by atoms with Crippen LogP contribution in [0.15, 0.2) is 12.2 Å². The smallest absolute Gasteiger partial charge is 0.00124 e. The summed E-state index contributed by atoms with van der Waals surface area (Å²) in [4.78, 5) is 2.18. The first kappa shape index (κ1) is 13.3. The second-order valence-corrected chi connectivity index (χ2v) is 2.66. The molecule has 0 aliphatic carbocycles. The zero-order valence-corrected chi connectivity index (χ0v) is 8.78. The Hall–Kier alpha value is -0.300. The minimum absolute atomic E-state index is 1.12. The van der Waals surface area contributed by atoms with E-state index in [1.165, 1.54) is 5.57 Å². The molecule has 0 rings (SSSR count). The van der Waals surface area contributed by atoms with Gasteiger partial charge in [0.05, 0.1) is 0 Å². The van der Waals surface area contributed by atoms with E-state index in [1.54, 1.807) is 0 Å². The van der Waals surface area contributed by atoms with Crippen LogP contribution in [0.3, 0.4) is 0 Å². The molecular weight excluding hydrogens is 134 g/mol. The van der Waals surface area contributed by atoms with Gasteiger partial charge in [-0.3, -0.25) is 0 Å². The van der Waals surface area contributed by atoms with E-state index in [2.05, 4.69) is 32.5 Å². The molecular formula is C10H23N. The molecule has 1 nitrogen and oxygen atoms in total. The van der Waals surface area contributed by atoms with E-state index in [0.717, 1.165) is 19.4 Å². The monoisotopic (exact) mass is 157 g/mol. The predicted molar refractivity (Wildman–Crippen MR) is 54.0 cm³/mol. The molecule has 0 aliphatic heterocycles. The molecule has 0 atom stereocenters. The van der Waals surface area contributed by atoms with Gasteiger partial charge >= 0.3 is 0 Å². The normalized spacial score (nSPS) is 8.91. The van der Waals surface area contributed by atoms with Crippen LogP contribution in [-0.2, 0) is 0 Å². The van der Waals surface area contributed by atoms with Crippen molar-refractivity contribution < 1.29 is 0 Å². The summed E-state index contributed by atoms with van der Waals surface area (Å²) >= 11 is 0. The third-order valence-electron chi connectivity index (χ3n) is 1.41. The predicted octanol–water partition coefficient (Wildman–Crippen LogP) is 2.93. The van der Waals surface area contributed by atoms with Crippen molar-refractivity contribution in [1.29, 1.82) is 0 Å². The van der Waals surface area contributed by atoms with E-state index in [1.807, 2.05) is 13.8 Å². The quantitative estimate of drug-likeness (QED) is 0.567. The van der Waals surface area contributed by atoms with Crippen molar-refractivity contribution >= 4 is 0 Å². The van der Waals surface area contributed by atoms with Gasteiger partial charge in [0.25, 0.3) is 0 Å². The lowest BCUT2D eigenvalue weighted by Gasteiger charge is -2.08. The summed E-state index contributed by atoms with van der Waals surface area (Å²) in [6.07, 6.45) is 2.26. The number of rotatable bonds is 4. The summed E-state index contributed by atoms with van der Waals surface area (Å²) in [6, 6.07) is 0. The van der Waals surface area contributed by atoms with E-state index >= 15 is 0 Å². The lowest BCUT2D eigenvalue weighted by molar-refractivity contribution is 0.411. The molecule has 0 unspecified atom stereocenters. The van der Waals surface area contributed by atoms with Crippen molar-refractivity contribution in [2.75, 3.05) is 20.6 Å². The molecule has 0 amide bonds. The Labute approximate surface area is 72.1 Å². The van der Waals surface area contributed by atoms with Gasteiger partial charge in [-0.2, -0.15) is 0 Å². The second-order valence-electron chi connectivity index (χ2n) is 2.66. The Morgan fingerprint density at radius 2 is 1.73 bits per heavy atom. The van der Waals surface area contributed by atoms with Crippen LogP contribution < -0.4 is 0 Å². The highest BCUT2D eigenvalue weighted by atomic mass is 15.0.